The Morgan fingerprint density at radius 2 is 2.44 bits per heavy atom. The average Bonchev–Trinajstić information content (AvgIpc) is 2.70. The number of hydrogen-bond acceptors (Lipinski definition) is 5. The van der Waals surface area contributed by atoms with E-state index < -0.39 is 0 Å². The zero-order chi connectivity index (χ0) is 11.4. The van der Waals surface area contributed by atoms with E-state index >= 15 is 0 Å². The van der Waals surface area contributed by atoms with Crippen molar-refractivity contribution in [2.24, 2.45) is 0 Å². The van der Waals surface area contributed by atoms with Crippen molar-refractivity contribution in [1.29, 1.82) is 0 Å². The lowest BCUT2D eigenvalue weighted by atomic mass is 10.3. The Bertz CT molecular complexity index is 351. The van der Waals surface area contributed by atoms with Crippen molar-refractivity contribution in [2.75, 3.05) is 18.9 Å². The van der Waals surface area contributed by atoms with Crippen molar-refractivity contribution >= 4 is 5.82 Å². The predicted octanol–water partition coefficient (Wildman–Crippen LogP) is 1.18. The van der Waals surface area contributed by atoms with Gasteiger partial charge in [0.1, 0.15) is 17.7 Å². The van der Waals surface area contributed by atoms with Crippen LogP contribution in [-0.2, 0) is 11.2 Å². The highest BCUT2D eigenvalue weighted by Gasteiger charge is 2.18. The van der Waals surface area contributed by atoms with E-state index in [-0.39, 0.29) is 6.10 Å². The number of nitrogens with two attached hydrogens (primary N) is 1. The number of aromatic nitrogens is 2. The number of nitrogens with zero attached hydrogens (tertiary/aromatic N) is 2. The molecule has 1 saturated heterocycles. The lowest BCUT2D eigenvalue weighted by molar-refractivity contribution is 0.138. The van der Waals surface area contributed by atoms with E-state index in [2.05, 4.69) is 16.9 Å². The fraction of sp³-hybridized carbons (Fsp3) is 0.636. The lowest BCUT2D eigenvalue weighted by Crippen LogP contribution is -2.17. The molecule has 88 valence electrons. The van der Waals surface area contributed by atoms with Crippen LogP contribution in [0, 0.1) is 0 Å². The second-order valence-corrected chi connectivity index (χ2v) is 3.90. The lowest BCUT2D eigenvalue weighted by Gasteiger charge is -2.11. The van der Waals surface area contributed by atoms with Crippen LogP contribution >= 0.6 is 0 Å². The van der Waals surface area contributed by atoms with Gasteiger partial charge < -0.3 is 15.2 Å². The Hall–Kier alpha value is -1.36. The van der Waals surface area contributed by atoms with Crippen LogP contribution in [0.15, 0.2) is 6.07 Å². The summed E-state index contributed by atoms with van der Waals surface area (Å²) in [5.74, 6) is 1.77. The van der Waals surface area contributed by atoms with Gasteiger partial charge in [0.15, 0.2) is 0 Å². The van der Waals surface area contributed by atoms with Gasteiger partial charge in [-0.2, -0.15) is 4.98 Å². The van der Waals surface area contributed by atoms with Crippen LogP contribution in [0.3, 0.4) is 0 Å². The summed E-state index contributed by atoms with van der Waals surface area (Å²) in [5, 5.41) is 0. The Morgan fingerprint density at radius 3 is 3.12 bits per heavy atom. The number of rotatable bonds is 4. The first-order valence-electron chi connectivity index (χ1n) is 5.65. The summed E-state index contributed by atoms with van der Waals surface area (Å²) in [6.45, 7) is 3.47. The maximum absolute atomic E-state index is 5.70. The highest BCUT2D eigenvalue weighted by atomic mass is 16.5. The maximum atomic E-state index is 5.70. The van der Waals surface area contributed by atoms with E-state index in [0.29, 0.717) is 18.3 Å². The normalized spacial score (nSPS) is 19.9. The Labute approximate surface area is 95.0 Å². The standard InChI is InChI=1S/C11H17N3O2/c1-2-3-10-13-9(12)6-11(14-10)16-8-4-5-15-7-8/h6,8H,2-5,7H2,1H3,(H2,12,13,14). The minimum Gasteiger partial charge on any atom is -0.472 e. The largest absolute Gasteiger partial charge is 0.472 e. The molecule has 1 aliphatic heterocycles. The molecule has 5 heteroatoms. The van der Waals surface area contributed by atoms with Gasteiger partial charge >= 0.3 is 0 Å². The maximum Gasteiger partial charge on any atom is 0.219 e. The highest BCUT2D eigenvalue weighted by molar-refractivity contribution is 5.33. The van der Waals surface area contributed by atoms with E-state index in [1.807, 2.05) is 0 Å². The molecule has 1 fully saturated rings. The van der Waals surface area contributed by atoms with E-state index in [1.54, 1.807) is 6.07 Å². The summed E-state index contributed by atoms with van der Waals surface area (Å²) in [5.41, 5.74) is 5.70. The third-order valence-electron chi connectivity index (χ3n) is 2.42. The van der Waals surface area contributed by atoms with Crippen molar-refractivity contribution in [3.8, 4) is 5.88 Å². The summed E-state index contributed by atoms with van der Waals surface area (Å²) >= 11 is 0. The molecule has 5 nitrogen and oxygen atoms in total. The van der Waals surface area contributed by atoms with E-state index in [4.69, 9.17) is 15.2 Å². The Balaban J connectivity index is 2.06. The zero-order valence-corrected chi connectivity index (χ0v) is 9.48. The topological polar surface area (TPSA) is 70.3 Å². The van der Waals surface area contributed by atoms with Gasteiger partial charge in [0.25, 0.3) is 0 Å². The van der Waals surface area contributed by atoms with E-state index in [0.717, 1.165) is 31.7 Å². The highest BCUT2D eigenvalue weighted by Crippen LogP contribution is 2.17. The molecular formula is C11H17N3O2. The molecule has 16 heavy (non-hydrogen) atoms. The smallest absolute Gasteiger partial charge is 0.219 e. The molecule has 1 unspecified atom stereocenters. The Kier molecular flexibility index (Phi) is 3.56. The van der Waals surface area contributed by atoms with Gasteiger partial charge in [-0.1, -0.05) is 6.92 Å². The third kappa shape index (κ3) is 2.82. The van der Waals surface area contributed by atoms with Gasteiger partial charge in [-0.25, -0.2) is 4.98 Å². The summed E-state index contributed by atoms with van der Waals surface area (Å²) in [6, 6.07) is 1.66. The number of hydrogen-bond donors (Lipinski definition) is 1. The SMILES string of the molecule is CCCc1nc(N)cc(OC2CCOC2)n1. The summed E-state index contributed by atoms with van der Waals surface area (Å²) in [6.07, 6.45) is 2.83. The number of aryl methyl sites for hydroxylation is 1. The molecule has 1 atom stereocenters. The van der Waals surface area contributed by atoms with Crippen LogP contribution in [0.2, 0.25) is 0 Å². The van der Waals surface area contributed by atoms with Crippen LogP contribution in [-0.4, -0.2) is 29.3 Å². The molecular weight excluding hydrogens is 206 g/mol. The van der Waals surface area contributed by atoms with Crippen LogP contribution in [0.4, 0.5) is 5.82 Å². The molecule has 0 saturated carbocycles. The second-order valence-electron chi connectivity index (χ2n) is 3.90. The molecule has 1 aromatic rings. The number of anilines is 1. The molecule has 2 heterocycles. The fourth-order valence-corrected chi connectivity index (χ4v) is 1.66. The van der Waals surface area contributed by atoms with Gasteiger partial charge in [0, 0.05) is 18.9 Å². The van der Waals surface area contributed by atoms with Crippen molar-refractivity contribution < 1.29 is 9.47 Å². The summed E-state index contributed by atoms with van der Waals surface area (Å²) < 4.78 is 10.9. The fourth-order valence-electron chi connectivity index (χ4n) is 1.66. The molecule has 0 aromatic carbocycles. The van der Waals surface area contributed by atoms with Crippen LogP contribution in [0.5, 0.6) is 5.88 Å². The van der Waals surface area contributed by atoms with Crippen molar-refractivity contribution in [3.05, 3.63) is 11.9 Å². The minimum atomic E-state index is 0.101. The quantitative estimate of drug-likeness (QED) is 0.830. The molecule has 2 N–H and O–H groups in total. The molecule has 0 radical (unpaired) electrons. The molecule has 1 aliphatic rings. The molecule has 0 bridgehead atoms. The predicted molar refractivity (Wildman–Crippen MR) is 60.3 cm³/mol. The van der Waals surface area contributed by atoms with Gasteiger partial charge in [-0.3, -0.25) is 0 Å². The molecule has 0 amide bonds. The van der Waals surface area contributed by atoms with Gasteiger partial charge in [0.05, 0.1) is 13.2 Å². The van der Waals surface area contributed by atoms with Crippen molar-refractivity contribution in [1.82, 2.24) is 9.97 Å². The van der Waals surface area contributed by atoms with Crippen molar-refractivity contribution in [3.63, 3.8) is 0 Å². The van der Waals surface area contributed by atoms with Gasteiger partial charge in [-0.15, -0.1) is 0 Å². The van der Waals surface area contributed by atoms with Crippen molar-refractivity contribution in [2.45, 2.75) is 32.3 Å². The molecule has 0 spiro atoms. The Morgan fingerprint density at radius 1 is 1.56 bits per heavy atom. The first-order chi connectivity index (χ1) is 7.78. The molecule has 1 aromatic heterocycles. The van der Waals surface area contributed by atoms with Crippen LogP contribution in [0.1, 0.15) is 25.6 Å². The zero-order valence-electron chi connectivity index (χ0n) is 9.48. The number of ether oxygens (including phenoxy) is 2. The first kappa shape index (κ1) is 11.1. The summed E-state index contributed by atoms with van der Waals surface area (Å²) in [4.78, 5) is 8.47. The van der Waals surface area contributed by atoms with Gasteiger partial charge in [-0.05, 0) is 6.42 Å². The second kappa shape index (κ2) is 5.12. The monoisotopic (exact) mass is 223 g/mol. The first-order valence-corrected chi connectivity index (χ1v) is 5.65. The third-order valence-corrected chi connectivity index (χ3v) is 2.42. The number of nitrogen functional groups attached to an aromatic ring is 1. The minimum absolute atomic E-state index is 0.101. The average molecular weight is 223 g/mol. The van der Waals surface area contributed by atoms with E-state index in [1.165, 1.54) is 0 Å². The van der Waals surface area contributed by atoms with Crippen LogP contribution in [0.25, 0.3) is 0 Å². The van der Waals surface area contributed by atoms with Gasteiger partial charge in [0.2, 0.25) is 5.88 Å². The summed E-state index contributed by atoms with van der Waals surface area (Å²) in [7, 11) is 0. The van der Waals surface area contributed by atoms with Crippen LogP contribution < -0.4 is 10.5 Å². The molecule has 0 aliphatic carbocycles. The molecule has 2 rings (SSSR count). The van der Waals surface area contributed by atoms with E-state index in [9.17, 15) is 0 Å².